The molecule has 0 spiro atoms. The highest BCUT2D eigenvalue weighted by atomic mass is 32.2. The first-order chi connectivity index (χ1) is 22.2. The van der Waals surface area contributed by atoms with Crippen molar-refractivity contribution in [2.75, 3.05) is 77.5 Å². The van der Waals surface area contributed by atoms with Gasteiger partial charge in [-0.15, -0.1) is 0 Å². The van der Waals surface area contributed by atoms with Crippen LogP contribution < -0.4 is 14.4 Å². The Balaban J connectivity index is 1.23. The number of methoxy groups -OCH3 is 1. The minimum atomic E-state index is -4.51. The van der Waals surface area contributed by atoms with Gasteiger partial charge in [-0.1, -0.05) is 6.92 Å². The van der Waals surface area contributed by atoms with Gasteiger partial charge >= 0.3 is 0 Å². The Morgan fingerprint density at radius 3 is 2.04 bits per heavy atom. The lowest BCUT2D eigenvalue weighted by Gasteiger charge is -2.46. The number of sulfone groups is 1. The molecule has 3 fully saturated rings. The monoisotopic (exact) mass is 657 g/mol. The number of ether oxygens (including phenoxy) is 2. The van der Waals surface area contributed by atoms with Gasteiger partial charge in [-0.2, -0.15) is 4.39 Å². The van der Waals surface area contributed by atoms with Crippen LogP contribution in [0.2, 0.25) is 0 Å². The summed E-state index contributed by atoms with van der Waals surface area (Å²) in [6.07, 6.45) is 5.50. The molecule has 0 atom stereocenters. The minimum absolute atomic E-state index is 0.118. The summed E-state index contributed by atoms with van der Waals surface area (Å²) in [5.74, 6) is -2.56. The molecule has 3 aromatic rings. The van der Waals surface area contributed by atoms with E-state index in [1.54, 1.807) is 32.2 Å². The Morgan fingerprint density at radius 2 is 1.46 bits per heavy atom. The average Bonchev–Trinajstić information content (AvgIpc) is 3.09. The fraction of sp³-hybridized carbons (Fsp3) is 0.559. The van der Waals surface area contributed by atoms with E-state index in [-0.39, 0.29) is 17.3 Å². The molecule has 9 nitrogen and oxygen atoms in total. The first kappa shape index (κ1) is 32.9. The normalized spacial score (nSPS) is 20.0. The van der Waals surface area contributed by atoms with Gasteiger partial charge in [0.25, 0.3) is 0 Å². The maximum Gasteiger partial charge on any atom is 0.213 e. The smallest absolute Gasteiger partial charge is 0.213 e. The van der Waals surface area contributed by atoms with E-state index >= 15 is 4.39 Å². The number of aromatic nitrogens is 1. The predicted molar refractivity (Wildman–Crippen MR) is 175 cm³/mol. The van der Waals surface area contributed by atoms with Gasteiger partial charge in [0.05, 0.1) is 24.9 Å². The van der Waals surface area contributed by atoms with Crippen LogP contribution in [-0.4, -0.2) is 113 Å². The largest absolute Gasteiger partial charge is 0.497 e. The summed E-state index contributed by atoms with van der Waals surface area (Å²) in [5.41, 5.74) is 1.04. The van der Waals surface area contributed by atoms with Crippen LogP contribution in [0.5, 0.6) is 11.5 Å². The number of piperidine rings is 2. The molecular weight excluding hydrogens is 612 g/mol. The van der Waals surface area contributed by atoms with E-state index < -0.39 is 26.4 Å². The topological polar surface area (TPSA) is 78.4 Å². The SMILES string of the molecule is CCOc1ccc(S(=O)(=O)c2cnc3ccc(OC)cc3c2N2CCC(N3CCN(C4CCN(CC)CC4)CC3)CC2)c(F)c1F. The molecule has 0 unspecified atom stereocenters. The van der Waals surface area contributed by atoms with Crippen molar-refractivity contribution in [2.45, 2.75) is 61.4 Å². The number of fused-ring (bicyclic) bond motifs is 1. The predicted octanol–water partition coefficient (Wildman–Crippen LogP) is 4.82. The van der Waals surface area contributed by atoms with Crippen LogP contribution in [0, 0.1) is 11.6 Å². The molecule has 0 amide bonds. The fourth-order valence-corrected chi connectivity index (χ4v) is 8.91. The molecule has 0 N–H and O–H groups in total. The first-order valence-electron chi connectivity index (χ1n) is 16.5. The van der Waals surface area contributed by atoms with Gasteiger partial charge in [-0.05, 0) is 82.6 Å². The number of halogens is 2. The lowest BCUT2D eigenvalue weighted by Crippen LogP contribution is -2.56. The second kappa shape index (κ2) is 14.0. The molecule has 0 saturated carbocycles. The van der Waals surface area contributed by atoms with E-state index in [2.05, 4.69) is 31.5 Å². The molecular formula is C34H45F2N5O4S. The maximum absolute atomic E-state index is 15.3. The van der Waals surface area contributed by atoms with E-state index in [4.69, 9.17) is 9.47 Å². The van der Waals surface area contributed by atoms with Crippen LogP contribution in [0.25, 0.3) is 10.9 Å². The Kier molecular flexibility index (Phi) is 9.98. The summed E-state index contributed by atoms with van der Waals surface area (Å²) in [6.45, 7) is 13.0. The third-order valence-electron chi connectivity index (χ3n) is 10.1. The van der Waals surface area contributed by atoms with Crippen LogP contribution in [-0.2, 0) is 9.84 Å². The Labute approximate surface area is 271 Å². The molecule has 2 aromatic carbocycles. The van der Waals surface area contributed by atoms with Crippen molar-refractivity contribution >= 4 is 26.4 Å². The van der Waals surface area contributed by atoms with Gasteiger partial charge in [-0.3, -0.25) is 14.8 Å². The minimum Gasteiger partial charge on any atom is -0.497 e. The molecule has 0 radical (unpaired) electrons. The average molecular weight is 658 g/mol. The van der Waals surface area contributed by atoms with E-state index in [0.29, 0.717) is 47.5 Å². The van der Waals surface area contributed by atoms with E-state index in [9.17, 15) is 12.8 Å². The zero-order chi connectivity index (χ0) is 32.4. The summed E-state index contributed by atoms with van der Waals surface area (Å²) in [6, 6.07) is 8.63. The lowest BCUT2D eigenvalue weighted by molar-refractivity contribution is 0.0384. The molecule has 3 aliphatic rings. The fourth-order valence-electron chi connectivity index (χ4n) is 7.42. The molecule has 3 saturated heterocycles. The third kappa shape index (κ3) is 6.41. The van der Waals surface area contributed by atoms with Crippen LogP contribution in [0.15, 0.2) is 46.3 Å². The second-order valence-electron chi connectivity index (χ2n) is 12.4. The van der Waals surface area contributed by atoms with Crippen LogP contribution >= 0.6 is 0 Å². The number of pyridine rings is 1. The third-order valence-corrected chi connectivity index (χ3v) is 11.8. The van der Waals surface area contributed by atoms with Crippen molar-refractivity contribution in [3.05, 3.63) is 48.2 Å². The number of piperazine rings is 1. The summed E-state index contributed by atoms with van der Waals surface area (Å²) < 4.78 is 69.0. The number of hydrogen-bond donors (Lipinski definition) is 0. The molecule has 250 valence electrons. The number of nitrogens with zero attached hydrogens (tertiary/aromatic N) is 5. The Morgan fingerprint density at radius 1 is 0.826 bits per heavy atom. The number of benzene rings is 2. The highest BCUT2D eigenvalue weighted by Crippen LogP contribution is 2.40. The standard InChI is InChI=1S/C34H45F2N5O4S/c1-4-38-14-10-24(11-15-38)39-18-20-40(21-19-39)25-12-16-41(17-13-25)34-27-22-26(44-3)6-7-28(27)37-23-31(34)46(42,43)30-9-8-29(45-5-2)32(35)33(30)36/h6-9,22-25H,4-5,10-21H2,1-3H3. The van der Waals surface area contributed by atoms with Gasteiger partial charge in [0, 0.05) is 62.9 Å². The maximum atomic E-state index is 15.3. The van der Waals surface area contributed by atoms with Gasteiger partial charge < -0.3 is 19.3 Å². The summed E-state index contributed by atoms with van der Waals surface area (Å²) >= 11 is 0. The van der Waals surface area contributed by atoms with Crippen LogP contribution in [0.3, 0.4) is 0 Å². The number of hydrogen-bond acceptors (Lipinski definition) is 9. The van der Waals surface area contributed by atoms with Crippen LogP contribution in [0.4, 0.5) is 14.5 Å². The molecule has 4 heterocycles. The molecule has 1 aromatic heterocycles. The zero-order valence-electron chi connectivity index (χ0n) is 27.1. The highest BCUT2D eigenvalue weighted by molar-refractivity contribution is 7.91. The van der Waals surface area contributed by atoms with Crippen molar-refractivity contribution in [1.82, 2.24) is 19.7 Å². The molecule has 0 bridgehead atoms. The first-order valence-corrected chi connectivity index (χ1v) is 18.0. The zero-order valence-corrected chi connectivity index (χ0v) is 27.9. The Hall–Kier alpha value is -3.06. The molecule has 46 heavy (non-hydrogen) atoms. The van der Waals surface area contributed by atoms with E-state index in [0.717, 1.165) is 57.7 Å². The van der Waals surface area contributed by atoms with Crippen molar-refractivity contribution in [1.29, 1.82) is 0 Å². The number of likely N-dealkylation sites (tertiary alicyclic amines) is 1. The summed E-state index contributed by atoms with van der Waals surface area (Å²) in [4.78, 5) is 13.4. The Bertz CT molecular complexity index is 1630. The lowest BCUT2D eigenvalue weighted by atomic mass is 9.99. The molecule has 6 rings (SSSR count). The van der Waals surface area contributed by atoms with Crippen molar-refractivity contribution in [3.63, 3.8) is 0 Å². The quantitative estimate of drug-likeness (QED) is 0.322. The number of rotatable bonds is 9. The van der Waals surface area contributed by atoms with Gasteiger partial charge in [0.1, 0.15) is 15.5 Å². The molecule has 0 aliphatic carbocycles. The van der Waals surface area contributed by atoms with Crippen molar-refractivity contribution < 1.29 is 26.7 Å². The number of anilines is 1. The van der Waals surface area contributed by atoms with Gasteiger partial charge in [0.15, 0.2) is 11.6 Å². The summed E-state index contributed by atoms with van der Waals surface area (Å²) in [7, 11) is -2.96. The van der Waals surface area contributed by atoms with E-state index in [1.165, 1.54) is 32.1 Å². The van der Waals surface area contributed by atoms with Crippen molar-refractivity contribution in [3.8, 4) is 11.5 Å². The van der Waals surface area contributed by atoms with Gasteiger partial charge in [-0.25, -0.2) is 12.8 Å². The summed E-state index contributed by atoms with van der Waals surface area (Å²) in [5, 5.41) is 0.591. The highest BCUT2D eigenvalue weighted by Gasteiger charge is 2.35. The molecule has 12 heteroatoms. The van der Waals surface area contributed by atoms with Crippen LogP contribution in [0.1, 0.15) is 39.5 Å². The van der Waals surface area contributed by atoms with Gasteiger partial charge in [0.2, 0.25) is 15.7 Å². The van der Waals surface area contributed by atoms with Crippen molar-refractivity contribution in [2.24, 2.45) is 0 Å². The van der Waals surface area contributed by atoms with E-state index in [1.807, 2.05) is 0 Å². The molecule has 3 aliphatic heterocycles. The second-order valence-corrected chi connectivity index (χ2v) is 14.3.